The van der Waals surface area contributed by atoms with E-state index >= 15 is 0 Å². The highest BCUT2D eigenvalue weighted by molar-refractivity contribution is 7.13. The maximum absolute atomic E-state index is 14.2. The Hall–Kier alpha value is -6.74. The first kappa shape index (κ1) is 57.0. The topological polar surface area (TPSA) is 242 Å². The van der Waals surface area contributed by atoms with Crippen LogP contribution in [0, 0.1) is 18.2 Å². The van der Waals surface area contributed by atoms with Gasteiger partial charge in [0.2, 0.25) is 23.6 Å². The van der Waals surface area contributed by atoms with Crippen molar-refractivity contribution in [3.05, 3.63) is 116 Å². The van der Waals surface area contributed by atoms with Crippen LogP contribution in [0.2, 0.25) is 10.0 Å². The van der Waals surface area contributed by atoms with Crippen LogP contribution >= 0.6 is 34.5 Å². The van der Waals surface area contributed by atoms with Crippen LogP contribution < -0.4 is 26.4 Å². The first-order chi connectivity index (χ1) is 36.0. The normalized spacial score (nSPS) is 18.4. The van der Waals surface area contributed by atoms with Crippen LogP contribution in [-0.4, -0.2) is 120 Å². The van der Waals surface area contributed by atoms with Crippen LogP contribution in [0.15, 0.2) is 72.2 Å². The molecule has 18 nitrogen and oxygen atoms in total. The Labute approximate surface area is 454 Å². The number of thiazole rings is 1. The average Bonchev–Trinajstić information content (AvgIpc) is 4.00. The summed E-state index contributed by atoms with van der Waals surface area (Å²) in [5.41, 5.74) is 10.7. The molecule has 2 aromatic heterocycles. The molecule has 2 aliphatic heterocycles. The van der Waals surface area contributed by atoms with Gasteiger partial charge in [-0.1, -0.05) is 68.2 Å². The number of aromatic nitrogens is 3. The van der Waals surface area contributed by atoms with Gasteiger partial charge in [-0.3, -0.25) is 28.8 Å². The van der Waals surface area contributed by atoms with Crippen LogP contribution in [0.4, 0.5) is 15.9 Å². The summed E-state index contributed by atoms with van der Waals surface area (Å²) in [4.78, 5) is 91.8. The van der Waals surface area contributed by atoms with Crippen molar-refractivity contribution in [3.63, 3.8) is 0 Å². The molecule has 6 amide bonds. The molecule has 1 unspecified atom stereocenters. The molecule has 2 aliphatic rings. The van der Waals surface area contributed by atoms with E-state index in [1.807, 2.05) is 65.8 Å². The number of likely N-dealkylation sites (tertiary alicyclic amines) is 1. The predicted octanol–water partition coefficient (Wildman–Crippen LogP) is 7.76. The zero-order chi connectivity index (χ0) is 55.2. The minimum Gasteiger partial charge on any atom is -0.482 e. The number of nitrogens with one attached hydrogen (secondary N) is 3. The number of hydrogen-bond acceptors (Lipinski definition) is 13. The highest BCUT2D eigenvalue weighted by Crippen LogP contribution is 2.36. The number of carbonyl (C=O) groups is 6. The van der Waals surface area contributed by atoms with Crippen molar-refractivity contribution in [2.75, 3.05) is 30.7 Å². The van der Waals surface area contributed by atoms with Crippen molar-refractivity contribution in [2.24, 2.45) is 5.41 Å². The molecule has 2 saturated heterocycles. The lowest BCUT2D eigenvalue weighted by atomic mass is 9.85. The first-order valence-corrected chi connectivity index (χ1v) is 26.6. The number of aliphatic hydroxyl groups excluding tert-OH is 1. The van der Waals surface area contributed by atoms with Crippen molar-refractivity contribution in [1.82, 2.24) is 40.5 Å². The highest BCUT2D eigenvalue weighted by Gasteiger charge is 2.44. The zero-order valence-electron chi connectivity index (χ0n) is 43.4. The Bertz CT molecular complexity index is 2950. The number of piperazine rings is 1. The quantitative estimate of drug-likeness (QED) is 0.0443. The molecule has 4 heterocycles. The lowest BCUT2D eigenvalue weighted by Crippen LogP contribution is -2.59. The molecule has 0 saturated carbocycles. The molecule has 6 N–H and O–H groups in total. The Morgan fingerprint density at radius 3 is 2.25 bits per heavy atom. The van der Waals surface area contributed by atoms with Gasteiger partial charge in [0.05, 0.1) is 27.2 Å². The third-order valence-corrected chi connectivity index (χ3v) is 15.1. The number of β-amino-alcohol motifs (C(OH)–C–C–N with tert-alkyl or cyclic N) is 1. The largest absolute Gasteiger partial charge is 0.482 e. The number of benzene rings is 3. The molecule has 5 aromatic rings. The van der Waals surface area contributed by atoms with E-state index in [0.717, 1.165) is 27.8 Å². The number of ether oxygens (including phenoxy) is 1. The fraction of sp³-hybridized carbons (Fsp3) is 0.426. The van der Waals surface area contributed by atoms with E-state index in [0.29, 0.717) is 24.1 Å². The number of nitrogens with zero attached hydrogens (tertiary/aromatic N) is 6. The minimum absolute atomic E-state index is 0.00559. The molecule has 0 aliphatic carbocycles. The van der Waals surface area contributed by atoms with Crippen LogP contribution in [0.5, 0.6) is 5.75 Å². The summed E-state index contributed by atoms with van der Waals surface area (Å²) >= 11 is 14.0. The Morgan fingerprint density at radius 2 is 1.61 bits per heavy atom. The minimum atomic E-state index is -0.983. The van der Waals surface area contributed by atoms with Crippen molar-refractivity contribution in [1.29, 1.82) is 0 Å². The second kappa shape index (κ2) is 24.5. The molecule has 22 heteroatoms. The lowest BCUT2D eigenvalue weighted by Gasteiger charge is -2.44. The Morgan fingerprint density at radius 1 is 0.934 bits per heavy atom. The second-order valence-corrected chi connectivity index (χ2v) is 22.0. The number of amides is 6. The molecule has 0 bridgehead atoms. The number of unbranched alkanes of at least 4 members (excludes halogenated alkanes) is 1. The van der Waals surface area contributed by atoms with E-state index in [9.17, 15) is 38.3 Å². The maximum atomic E-state index is 14.2. The van der Waals surface area contributed by atoms with E-state index in [1.165, 1.54) is 17.0 Å². The van der Waals surface area contributed by atoms with Gasteiger partial charge in [-0.2, -0.15) is 0 Å². The van der Waals surface area contributed by atoms with Crippen molar-refractivity contribution >= 4 is 81.5 Å². The number of rotatable bonds is 17. The number of anilines is 2. The number of carbonyl (C=O) groups excluding carboxylic acids is 6. The Balaban J connectivity index is 0.852. The molecule has 404 valence electrons. The summed E-state index contributed by atoms with van der Waals surface area (Å²) < 4.78 is 20.0. The molecule has 7 rings (SSSR count). The molecule has 0 spiro atoms. The molecule has 6 atom stereocenters. The lowest BCUT2D eigenvalue weighted by molar-refractivity contribution is -0.144. The fourth-order valence-corrected chi connectivity index (χ4v) is 11.0. The van der Waals surface area contributed by atoms with Gasteiger partial charge in [0.1, 0.15) is 24.0 Å². The monoisotopic (exact) mass is 1100 g/mol. The van der Waals surface area contributed by atoms with Gasteiger partial charge in [-0.05, 0) is 93.5 Å². The molecule has 2 fully saturated rings. The van der Waals surface area contributed by atoms with Crippen LogP contribution in [0.1, 0.15) is 117 Å². The third kappa shape index (κ3) is 13.6. The van der Waals surface area contributed by atoms with Crippen molar-refractivity contribution < 1.29 is 43.0 Å². The van der Waals surface area contributed by atoms with Crippen molar-refractivity contribution in [2.45, 2.75) is 123 Å². The van der Waals surface area contributed by atoms with E-state index < -0.39 is 53.2 Å². The zero-order valence-corrected chi connectivity index (χ0v) is 45.7. The van der Waals surface area contributed by atoms with E-state index in [1.54, 1.807) is 57.8 Å². The van der Waals surface area contributed by atoms with Crippen molar-refractivity contribution in [3.8, 4) is 16.2 Å². The summed E-state index contributed by atoms with van der Waals surface area (Å²) in [5.74, 6) is -3.03. The summed E-state index contributed by atoms with van der Waals surface area (Å²) in [5, 5.41) is 26.8. The number of nitrogen functional groups attached to an aromatic ring is 1. The molecular formula is C54H63Cl2FN10O8S. The third-order valence-electron chi connectivity index (χ3n) is 13.4. The van der Waals surface area contributed by atoms with E-state index in [-0.39, 0.29) is 108 Å². The second-order valence-electron chi connectivity index (χ2n) is 20.4. The van der Waals surface area contributed by atoms with Gasteiger partial charge in [0, 0.05) is 85.4 Å². The van der Waals surface area contributed by atoms with Crippen LogP contribution in [0.3, 0.4) is 0 Å². The van der Waals surface area contributed by atoms with E-state index in [4.69, 9.17) is 33.7 Å². The number of hydrogen-bond donors (Lipinski definition) is 5. The molecule has 0 radical (unpaired) electrons. The molecule has 3 aromatic carbocycles. The number of aryl methyl sites for hydroxylation is 1. The Kier molecular flexibility index (Phi) is 18.4. The average molecular weight is 1100 g/mol. The van der Waals surface area contributed by atoms with Gasteiger partial charge >= 0.3 is 0 Å². The van der Waals surface area contributed by atoms with Gasteiger partial charge in [0.15, 0.2) is 17.3 Å². The summed E-state index contributed by atoms with van der Waals surface area (Å²) in [7, 11) is 0. The first-order valence-electron chi connectivity index (χ1n) is 25.0. The van der Waals surface area contributed by atoms with Gasteiger partial charge in [-0.25, -0.2) is 9.37 Å². The number of aliphatic hydroxyl groups is 1. The van der Waals surface area contributed by atoms with Crippen LogP contribution in [-0.2, 0) is 25.7 Å². The number of halogens is 3. The van der Waals surface area contributed by atoms with Crippen LogP contribution in [0.25, 0.3) is 10.4 Å². The van der Waals surface area contributed by atoms with Gasteiger partial charge < -0.3 is 46.2 Å². The number of nitrogens with two attached hydrogens (primary N) is 1. The van der Waals surface area contributed by atoms with E-state index in [2.05, 4.69) is 31.1 Å². The molecular weight excluding hydrogens is 1040 g/mol. The SMILES string of the molecule is Cc1ncsc1-c1ccc(CNC(=O)[C@@H]2C[C@@H](O)CN2C(=O)C(NC(=O)CCCCC(=O)N2[C@H](C)CN(C(=O)c3ccc(NC(=O)c4cc(O[C@H](C)c5c(Cl)ccc(F)c5Cl)c(N)nn4)cc3)C[C@@H]2C)C(C)(C)C)cc1. The maximum Gasteiger partial charge on any atom is 0.276 e. The predicted molar refractivity (Wildman–Crippen MR) is 288 cm³/mol. The summed E-state index contributed by atoms with van der Waals surface area (Å²) in [6.07, 6.45) is -0.674. The summed E-state index contributed by atoms with van der Waals surface area (Å²) in [6, 6.07) is 15.4. The van der Waals surface area contributed by atoms with Gasteiger partial charge in [0.25, 0.3) is 11.8 Å². The fourth-order valence-electron chi connectivity index (χ4n) is 9.51. The summed E-state index contributed by atoms with van der Waals surface area (Å²) in [6.45, 7) is 13.5. The smallest absolute Gasteiger partial charge is 0.276 e. The molecule has 76 heavy (non-hydrogen) atoms. The highest BCUT2D eigenvalue weighted by atomic mass is 35.5. The van der Waals surface area contributed by atoms with Gasteiger partial charge in [-0.15, -0.1) is 21.5 Å². The standard InChI is InChI=1S/C54H63Cl2FN10O8S/c1-29-25-65(52(73)35-16-18-36(19-17-35)61-50(71)40-23-42(49(58)64-63-40)75-32(4)45-38(55)20-21-39(57)46(45)56)26-30(2)67(29)44(70)11-9-8-10-43(69)62-48(54(5,6)7)53(74)66-27-37(68)22-41(66)51(72)59-24-33-12-14-34(15-13-33)47-31(3)60-28-76-47/h12-21,23,28-30,32,37,41,48,68H,8-11,22,24-27H2,1-7H3,(H2,58,64)(H,59,72)(H,61,71)(H,62,69)/t29-,30+,32-,37-,41+,48?/m1/s1.